The van der Waals surface area contributed by atoms with Crippen LogP contribution < -0.4 is 0 Å². The number of rotatable bonds is 5. The molecule has 1 aromatic rings. The molecule has 1 rings (SSSR count). The topological polar surface area (TPSA) is 74.6 Å². The van der Waals surface area contributed by atoms with E-state index in [2.05, 4.69) is 0 Å². The second-order valence-corrected chi connectivity index (χ2v) is 4.04. The monoisotopic (exact) mass is 276 g/mol. The van der Waals surface area contributed by atoms with Crippen LogP contribution in [0.1, 0.15) is 17.5 Å². The second-order valence-electron chi connectivity index (χ2n) is 4.04. The highest BCUT2D eigenvalue weighted by Crippen LogP contribution is 2.30. The molecule has 0 bridgehead atoms. The number of carboxylic acid groups (broad SMARTS) is 2. The second kappa shape index (κ2) is 5.73. The van der Waals surface area contributed by atoms with Gasteiger partial charge in [0, 0.05) is 0 Å². The molecule has 0 aliphatic heterocycles. The SMILES string of the molecule is O=C(O)CC(Cc1cccc(C(F)(F)F)c1)C(=O)O. The van der Waals surface area contributed by atoms with E-state index < -0.39 is 36.0 Å². The summed E-state index contributed by atoms with van der Waals surface area (Å²) in [6.45, 7) is 0. The van der Waals surface area contributed by atoms with E-state index >= 15 is 0 Å². The van der Waals surface area contributed by atoms with Crippen molar-refractivity contribution in [1.29, 1.82) is 0 Å². The standard InChI is InChI=1S/C12H11F3O4/c13-12(14,15)9-3-1-2-7(5-9)4-8(11(18)19)6-10(16)17/h1-3,5,8H,4,6H2,(H,16,17)(H,18,19). The summed E-state index contributed by atoms with van der Waals surface area (Å²) in [7, 11) is 0. The van der Waals surface area contributed by atoms with Gasteiger partial charge in [0.2, 0.25) is 0 Å². The fourth-order valence-electron chi connectivity index (χ4n) is 1.62. The summed E-state index contributed by atoms with van der Waals surface area (Å²) in [6.07, 6.45) is -5.40. The Hall–Kier alpha value is -2.05. The van der Waals surface area contributed by atoms with Crippen LogP contribution in [0, 0.1) is 5.92 Å². The highest BCUT2D eigenvalue weighted by Gasteiger charge is 2.31. The first kappa shape index (κ1) is 15.0. The fourth-order valence-corrected chi connectivity index (χ4v) is 1.62. The summed E-state index contributed by atoms with van der Waals surface area (Å²) >= 11 is 0. The number of alkyl halides is 3. The molecular weight excluding hydrogens is 265 g/mol. The molecule has 7 heteroatoms. The van der Waals surface area contributed by atoms with Gasteiger partial charge in [0.1, 0.15) is 0 Å². The minimum absolute atomic E-state index is 0.142. The van der Waals surface area contributed by atoms with Crippen LogP contribution in [0.2, 0.25) is 0 Å². The summed E-state index contributed by atoms with van der Waals surface area (Å²) in [5.41, 5.74) is -0.743. The van der Waals surface area contributed by atoms with Crippen LogP contribution in [0.5, 0.6) is 0 Å². The number of hydrogen-bond donors (Lipinski definition) is 2. The van der Waals surface area contributed by atoms with E-state index in [1.54, 1.807) is 0 Å². The Morgan fingerprint density at radius 1 is 1.21 bits per heavy atom. The maximum atomic E-state index is 12.5. The van der Waals surface area contributed by atoms with Crippen molar-refractivity contribution in [2.24, 2.45) is 5.92 Å². The Kier molecular flexibility index (Phi) is 4.52. The smallest absolute Gasteiger partial charge is 0.416 e. The average Bonchev–Trinajstić information content (AvgIpc) is 2.26. The number of benzene rings is 1. The van der Waals surface area contributed by atoms with E-state index in [1.807, 2.05) is 0 Å². The molecule has 0 spiro atoms. The number of aliphatic carboxylic acids is 2. The first-order valence-corrected chi connectivity index (χ1v) is 5.31. The molecule has 1 atom stereocenters. The molecular formula is C12H11F3O4. The number of carboxylic acids is 2. The highest BCUT2D eigenvalue weighted by molar-refractivity contribution is 5.78. The molecule has 1 aromatic carbocycles. The molecule has 0 heterocycles. The Morgan fingerprint density at radius 2 is 1.84 bits per heavy atom. The largest absolute Gasteiger partial charge is 0.481 e. The zero-order valence-corrected chi connectivity index (χ0v) is 9.65. The third-order valence-electron chi connectivity index (χ3n) is 2.51. The van der Waals surface area contributed by atoms with Crippen molar-refractivity contribution in [2.75, 3.05) is 0 Å². The third-order valence-corrected chi connectivity index (χ3v) is 2.51. The first-order valence-electron chi connectivity index (χ1n) is 5.31. The molecule has 0 radical (unpaired) electrons. The molecule has 0 aliphatic carbocycles. The van der Waals surface area contributed by atoms with E-state index in [-0.39, 0.29) is 12.0 Å². The lowest BCUT2D eigenvalue weighted by Crippen LogP contribution is -2.20. The van der Waals surface area contributed by atoms with Crippen molar-refractivity contribution in [3.63, 3.8) is 0 Å². The van der Waals surface area contributed by atoms with E-state index in [0.717, 1.165) is 18.2 Å². The molecule has 4 nitrogen and oxygen atoms in total. The number of hydrogen-bond acceptors (Lipinski definition) is 2. The van der Waals surface area contributed by atoms with Gasteiger partial charge in [-0.2, -0.15) is 13.2 Å². The summed E-state index contributed by atoms with van der Waals surface area (Å²) < 4.78 is 37.4. The van der Waals surface area contributed by atoms with E-state index in [9.17, 15) is 22.8 Å². The molecule has 1 unspecified atom stereocenters. The molecule has 0 saturated heterocycles. The maximum Gasteiger partial charge on any atom is 0.416 e. The Bertz CT molecular complexity index is 482. The summed E-state index contributed by atoms with van der Waals surface area (Å²) in [5.74, 6) is -3.90. The van der Waals surface area contributed by atoms with Crippen molar-refractivity contribution in [2.45, 2.75) is 19.0 Å². The van der Waals surface area contributed by atoms with Crippen molar-refractivity contribution < 1.29 is 33.0 Å². The van der Waals surface area contributed by atoms with Crippen LogP contribution in [0.15, 0.2) is 24.3 Å². The quantitative estimate of drug-likeness (QED) is 0.866. The van der Waals surface area contributed by atoms with Crippen molar-refractivity contribution in [1.82, 2.24) is 0 Å². The third kappa shape index (κ3) is 4.61. The molecule has 0 saturated carbocycles. The molecule has 0 aliphatic rings. The number of halogens is 3. The first-order chi connectivity index (χ1) is 8.70. The van der Waals surface area contributed by atoms with Gasteiger partial charge in [0.25, 0.3) is 0 Å². The fraction of sp³-hybridized carbons (Fsp3) is 0.333. The van der Waals surface area contributed by atoms with Crippen molar-refractivity contribution in [3.05, 3.63) is 35.4 Å². The lowest BCUT2D eigenvalue weighted by Gasteiger charge is -2.12. The summed E-state index contributed by atoms with van der Waals surface area (Å²) in [4.78, 5) is 21.3. The highest BCUT2D eigenvalue weighted by atomic mass is 19.4. The van der Waals surface area contributed by atoms with Gasteiger partial charge < -0.3 is 10.2 Å². The minimum Gasteiger partial charge on any atom is -0.481 e. The van der Waals surface area contributed by atoms with Gasteiger partial charge in [0.05, 0.1) is 17.9 Å². The molecule has 104 valence electrons. The van der Waals surface area contributed by atoms with Crippen LogP contribution in [0.3, 0.4) is 0 Å². The summed E-state index contributed by atoms with van der Waals surface area (Å²) in [5, 5.41) is 17.4. The Labute approximate surface area is 106 Å². The predicted molar refractivity (Wildman–Crippen MR) is 58.5 cm³/mol. The van der Waals surface area contributed by atoms with Crippen LogP contribution in [0.25, 0.3) is 0 Å². The minimum atomic E-state index is -4.51. The normalized spacial score (nSPS) is 13.0. The van der Waals surface area contributed by atoms with Crippen LogP contribution in [-0.4, -0.2) is 22.2 Å². The average molecular weight is 276 g/mol. The van der Waals surface area contributed by atoms with E-state index in [4.69, 9.17) is 10.2 Å². The molecule has 2 N–H and O–H groups in total. The van der Waals surface area contributed by atoms with Gasteiger partial charge in [-0.25, -0.2) is 0 Å². The van der Waals surface area contributed by atoms with Gasteiger partial charge >= 0.3 is 18.1 Å². The zero-order chi connectivity index (χ0) is 14.6. The van der Waals surface area contributed by atoms with Crippen LogP contribution >= 0.6 is 0 Å². The Balaban J connectivity index is 2.91. The van der Waals surface area contributed by atoms with Crippen molar-refractivity contribution >= 4 is 11.9 Å². The van der Waals surface area contributed by atoms with E-state index in [0.29, 0.717) is 0 Å². The van der Waals surface area contributed by atoms with Gasteiger partial charge in [-0.05, 0) is 18.1 Å². The lowest BCUT2D eigenvalue weighted by atomic mass is 9.95. The van der Waals surface area contributed by atoms with Gasteiger partial charge in [-0.1, -0.05) is 18.2 Å². The van der Waals surface area contributed by atoms with Crippen molar-refractivity contribution in [3.8, 4) is 0 Å². The van der Waals surface area contributed by atoms with Gasteiger partial charge in [0.15, 0.2) is 0 Å². The molecule has 0 fully saturated rings. The molecule has 19 heavy (non-hydrogen) atoms. The molecule has 0 amide bonds. The van der Waals surface area contributed by atoms with E-state index in [1.165, 1.54) is 6.07 Å². The lowest BCUT2D eigenvalue weighted by molar-refractivity contribution is -0.148. The summed E-state index contributed by atoms with van der Waals surface area (Å²) in [6, 6.07) is 4.21. The maximum absolute atomic E-state index is 12.5. The zero-order valence-electron chi connectivity index (χ0n) is 9.65. The molecule has 0 aromatic heterocycles. The van der Waals surface area contributed by atoms with Gasteiger partial charge in [-0.15, -0.1) is 0 Å². The van der Waals surface area contributed by atoms with Crippen LogP contribution in [-0.2, 0) is 22.2 Å². The predicted octanol–water partition coefficient (Wildman–Crippen LogP) is 2.42. The van der Waals surface area contributed by atoms with Gasteiger partial charge in [-0.3, -0.25) is 9.59 Å². The van der Waals surface area contributed by atoms with Crippen LogP contribution in [0.4, 0.5) is 13.2 Å². The number of carbonyl (C=O) groups is 2. The Morgan fingerprint density at radius 3 is 2.32 bits per heavy atom.